The number of hydrogen-bond donors (Lipinski definition) is 5. The van der Waals surface area contributed by atoms with E-state index < -0.39 is 36.1 Å². The van der Waals surface area contributed by atoms with E-state index in [1.54, 1.807) is 19.1 Å². The number of nitrogens with two attached hydrogens (primary N) is 1. The van der Waals surface area contributed by atoms with E-state index >= 15 is 0 Å². The van der Waals surface area contributed by atoms with Crippen LogP contribution in [-0.4, -0.2) is 115 Å². The Morgan fingerprint density at radius 1 is 1.06 bits per heavy atom. The Kier molecular flexibility index (Phi) is 13.4. The third-order valence-electron chi connectivity index (χ3n) is 14.5. The van der Waals surface area contributed by atoms with Gasteiger partial charge in [-0.25, -0.2) is 0 Å². The molecule has 1 heterocycles. The Hall–Kier alpha value is -1.83. The van der Waals surface area contributed by atoms with E-state index in [-0.39, 0.29) is 66.2 Å². The number of nitrogens with zero attached hydrogens (tertiary/aromatic N) is 2. The molecule has 5 aliphatic carbocycles. The molecule has 298 valence electrons. The zero-order valence-corrected chi connectivity index (χ0v) is 33.4. The fourth-order valence-electron chi connectivity index (χ4n) is 11.4. The number of fused-ring (bicyclic) bond motifs is 2. The first-order valence-corrected chi connectivity index (χ1v) is 20.3. The molecular formula is C40H71N5O7. The van der Waals surface area contributed by atoms with Crippen molar-refractivity contribution in [2.45, 2.75) is 142 Å². The number of aliphatic hydroxyl groups excluding tert-OH is 2. The second-order valence-electron chi connectivity index (χ2n) is 18.7. The first kappa shape index (κ1) is 41.3. The molecule has 2 bridgehead atoms. The Morgan fingerprint density at radius 2 is 1.77 bits per heavy atom. The Balaban J connectivity index is 1.32. The molecule has 12 heteroatoms. The summed E-state index contributed by atoms with van der Waals surface area (Å²) in [7, 11) is 5.89. The highest BCUT2D eigenvalue weighted by atomic mass is 16.7. The van der Waals surface area contributed by atoms with E-state index in [4.69, 9.17) is 15.3 Å². The summed E-state index contributed by atoms with van der Waals surface area (Å²) in [5, 5.41) is 29.5. The average Bonchev–Trinajstić information content (AvgIpc) is 3.46. The Bertz CT molecular complexity index is 1250. The molecule has 6 N–H and O–H groups in total. The average molecular weight is 734 g/mol. The number of nitrogens with one attached hydrogen (secondary N) is 2. The lowest BCUT2D eigenvalue weighted by Gasteiger charge is -2.62. The standard InChI is InChI=1S/C40H71N5O7/c1-21(2)13-32(37(41)48)43-38(49)26-14-25(15-28(16-26)44(7)8)29-12-10-11-24(36(29)51-9)19-45-35(34(23(4)47)33(20-46)52-45)39(50)42-31-18-27-17-30(22(31)3)40(27,5)6/h21-36,46-47H,10-20H2,1-9H3,(H2,41,48)(H,42,50)(H,43,49)/t22-,23-,24?,25?,26?,27+,28?,29?,30-,31-,32+,33-,34-,35-,36?/m0/s1. The van der Waals surface area contributed by atoms with Gasteiger partial charge in [0.05, 0.1) is 18.8 Å². The molecule has 6 aliphatic rings. The van der Waals surface area contributed by atoms with E-state index in [9.17, 15) is 24.6 Å². The van der Waals surface area contributed by atoms with Gasteiger partial charge in [-0.05, 0) is 113 Å². The van der Waals surface area contributed by atoms with Crippen LogP contribution in [0.25, 0.3) is 0 Å². The molecule has 6 rings (SSSR count). The predicted octanol–water partition coefficient (Wildman–Crippen LogP) is 2.94. The lowest BCUT2D eigenvalue weighted by Crippen LogP contribution is -2.62. The van der Waals surface area contributed by atoms with Crippen molar-refractivity contribution in [3.8, 4) is 0 Å². The van der Waals surface area contributed by atoms with E-state index in [1.807, 2.05) is 13.8 Å². The maximum Gasteiger partial charge on any atom is 0.240 e. The van der Waals surface area contributed by atoms with Gasteiger partial charge in [0, 0.05) is 43.5 Å². The molecule has 0 aromatic rings. The number of primary amides is 1. The fourth-order valence-corrected chi connectivity index (χ4v) is 11.4. The minimum atomic E-state index is -0.852. The van der Waals surface area contributed by atoms with Crippen LogP contribution >= 0.6 is 0 Å². The monoisotopic (exact) mass is 734 g/mol. The van der Waals surface area contributed by atoms with Gasteiger partial charge in [-0.1, -0.05) is 41.0 Å². The summed E-state index contributed by atoms with van der Waals surface area (Å²) >= 11 is 0. The van der Waals surface area contributed by atoms with Crippen LogP contribution in [0.3, 0.4) is 0 Å². The molecule has 3 amide bonds. The summed E-state index contributed by atoms with van der Waals surface area (Å²) in [6.45, 7) is 12.8. The molecule has 1 aliphatic heterocycles. The van der Waals surface area contributed by atoms with E-state index in [2.05, 4.69) is 50.4 Å². The molecule has 0 aromatic heterocycles. The molecule has 0 spiro atoms. The van der Waals surface area contributed by atoms with Crippen molar-refractivity contribution in [1.82, 2.24) is 20.6 Å². The molecule has 52 heavy (non-hydrogen) atoms. The largest absolute Gasteiger partial charge is 0.394 e. The van der Waals surface area contributed by atoms with E-state index in [1.165, 1.54) is 6.42 Å². The van der Waals surface area contributed by atoms with Crippen LogP contribution < -0.4 is 16.4 Å². The van der Waals surface area contributed by atoms with Crippen LogP contribution in [-0.2, 0) is 24.0 Å². The number of hydroxylamine groups is 2. The van der Waals surface area contributed by atoms with Crippen LogP contribution in [0.15, 0.2) is 0 Å². The zero-order valence-electron chi connectivity index (χ0n) is 33.4. The van der Waals surface area contributed by atoms with Crippen molar-refractivity contribution in [2.75, 3.05) is 34.4 Å². The summed E-state index contributed by atoms with van der Waals surface area (Å²) in [6, 6.07) is -1.15. The maximum atomic E-state index is 14.3. The van der Waals surface area contributed by atoms with Crippen molar-refractivity contribution >= 4 is 17.7 Å². The molecule has 1 saturated heterocycles. The molecule has 15 atom stereocenters. The molecule has 12 nitrogen and oxygen atoms in total. The van der Waals surface area contributed by atoms with Gasteiger partial charge < -0.3 is 36.2 Å². The third-order valence-corrected chi connectivity index (χ3v) is 14.5. The first-order valence-electron chi connectivity index (χ1n) is 20.3. The lowest BCUT2D eigenvalue weighted by atomic mass is 9.45. The maximum absolute atomic E-state index is 14.3. The fraction of sp³-hybridized carbons (Fsp3) is 0.925. The molecule has 5 saturated carbocycles. The first-order chi connectivity index (χ1) is 24.5. The quantitative estimate of drug-likeness (QED) is 0.181. The van der Waals surface area contributed by atoms with Gasteiger partial charge >= 0.3 is 0 Å². The third kappa shape index (κ3) is 8.52. The van der Waals surface area contributed by atoms with Gasteiger partial charge in [-0.15, -0.1) is 0 Å². The van der Waals surface area contributed by atoms with Gasteiger partial charge in [-0.2, -0.15) is 5.06 Å². The van der Waals surface area contributed by atoms with E-state index in [0.717, 1.165) is 38.5 Å². The van der Waals surface area contributed by atoms with Crippen molar-refractivity contribution in [3.05, 3.63) is 0 Å². The number of rotatable bonds is 14. The summed E-state index contributed by atoms with van der Waals surface area (Å²) < 4.78 is 6.35. The van der Waals surface area contributed by atoms with Gasteiger partial charge in [0.25, 0.3) is 0 Å². The number of amides is 3. The topological polar surface area (TPSA) is 167 Å². The van der Waals surface area contributed by atoms with Crippen molar-refractivity contribution in [3.63, 3.8) is 0 Å². The predicted molar refractivity (Wildman–Crippen MR) is 199 cm³/mol. The number of ether oxygens (including phenoxy) is 1. The van der Waals surface area contributed by atoms with Crippen LogP contribution in [0, 0.1) is 58.7 Å². The summed E-state index contributed by atoms with van der Waals surface area (Å²) in [5.74, 6) is 0.649. The highest BCUT2D eigenvalue weighted by Gasteiger charge is 2.58. The second kappa shape index (κ2) is 16.9. The highest BCUT2D eigenvalue weighted by molar-refractivity contribution is 5.87. The minimum Gasteiger partial charge on any atom is -0.394 e. The van der Waals surface area contributed by atoms with Gasteiger partial charge in [0.2, 0.25) is 17.7 Å². The summed E-state index contributed by atoms with van der Waals surface area (Å²) in [6.07, 6.45) is 6.25. The summed E-state index contributed by atoms with van der Waals surface area (Å²) in [5.41, 5.74) is 6.00. The van der Waals surface area contributed by atoms with Crippen molar-refractivity contribution in [1.29, 1.82) is 0 Å². The van der Waals surface area contributed by atoms with E-state index in [0.29, 0.717) is 42.6 Å². The molecule has 6 fully saturated rings. The van der Waals surface area contributed by atoms with Crippen LogP contribution in [0.2, 0.25) is 0 Å². The zero-order chi connectivity index (χ0) is 38.2. The Labute approximate surface area is 312 Å². The van der Waals surface area contributed by atoms with Gasteiger partial charge in [-0.3, -0.25) is 19.2 Å². The molecule has 6 unspecified atom stereocenters. The number of aliphatic hydroxyl groups is 2. The summed E-state index contributed by atoms with van der Waals surface area (Å²) in [4.78, 5) is 48.8. The van der Waals surface area contributed by atoms with Crippen LogP contribution in [0.1, 0.15) is 99.3 Å². The SMILES string of the molecule is COC1C(CN2O[C@@H](CO)[C@H]([C@H](C)O)[C@H]2C(=O)N[C@H]2C[C@H]3C[C@@H]([C@@H]2C)C3(C)C)CCCC1C1CC(C(=O)N[C@H](CC(C)C)C(N)=O)CC(N(C)C)C1. The number of carbonyl (C=O) groups is 3. The number of hydrogen-bond acceptors (Lipinski definition) is 9. The van der Waals surface area contributed by atoms with Crippen LogP contribution in [0.5, 0.6) is 0 Å². The van der Waals surface area contributed by atoms with Gasteiger partial charge in [0.15, 0.2) is 0 Å². The van der Waals surface area contributed by atoms with Crippen molar-refractivity contribution in [2.24, 2.45) is 64.4 Å². The van der Waals surface area contributed by atoms with Crippen LogP contribution in [0.4, 0.5) is 0 Å². The highest BCUT2D eigenvalue weighted by Crippen LogP contribution is 2.61. The smallest absolute Gasteiger partial charge is 0.240 e. The molecular weight excluding hydrogens is 662 g/mol. The number of methoxy groups -OCH3 is 1. The van der Waals surface area contributed by atoms with Crippen molar-refractivity contribution < 1.29 is 34.2 Å². The Morgan fingerprint density at radius 3 is 2.33 bits per heavy atom. The lowest BCUT2D eigenvalue weighted by molar-refractivity contribution is -0.193. The normalized spacial score (nSPS) is 40.2. The minimum absolute atomic E-state index is 0.0467. The number of carbonyl (C=O) groups excluding carboxylic acids is 3. The molecule has 0 radical (unpaired) electrons. The van der Waals surface area contributed by atoms with Gasteiger partial charge in [0.1, 0.15) is 18.2 Å². The molecule has 0 aromatic carbocycles. The second-order valence-corrected chi connectivity index (χ2v) is 18.7.